The Bertz CT molecular complexity index is 246. The van der Waals surface area contributed by atoms with Gasteiger partial charge in [0.2, 0.25) is 11.7 Å². The molecule has 0 aliphatic carbocycles. The predicted molar refractivity (Wildman–Crippen MR) is 41.3 cm³/mol. The van der Waals surface area contributed by atoms with Crippen molar-refractivity contribution in [3.05, 3.63) is 3.70 Å². The van der Waals surface area contributed by atoms with Crippen LogP contribution in [0.15, 0.2) is 4.63 Å². The Morgan fingerprint density at radius 1 is 1.70 bits per heavy atom. The number of nitrogens with one attached hydrogen (secondary N) is 1. The zero-order valence-corrected chi connectivity index (χ0v) is 7.25. The van der Waals surface area contributed by atoms with Gasteiger partial charge in [0.1, 0.15) is 0 Å². The lowest BCUT2D eigenvalue weighted by Gasteiger charge is -1.91. The molecule has 10 heavy (non-hydrogen) atoms. The van der Waals surface area contributed by atoms with Crippen LogP contribution in [0.3, 0.4) is 0 Å². The van der Waals surface area contributed by atoms with Crippen molar-refractivity contribution in [3.63, 3.8) is 0 Å². The Morgan fingerprint density at radius 3 is 2.80 bits per heavy atom. The zero-order chi connectivity index (χ0) is 7.56. The van der Waals surface area contributed by atoms with Crippen LogP contribution in [-0.2, 0) is 4.79 Å². The van der Waals surface area contributed by atoms with Gasteiger partial charge in [-0.1, -0.05) is 0 Å². The van der Waals surface area contributed by atoms with Crippen molar-refractivity contribution in [2.24, 2.45) is 0 Å². The summed E-state index contributed by atoms with van der Waals surface area (Å²) in [5.74, 6) is 0.182. The topological polar surface area (TPSA) is 68.0 Å². The average molecular weight is 253 g/mol. The van der Waals surface area contributed by atoms with Crippen molar-refractivity contribution in [2.75, 3.05) is 5.32 Å². The number of carbonyl (C=O) groups is 1. The molecular weight excluding hydrogens is 249 g/mol. The zero-order valence-electron chi connectivity index (χ0n) is 5.09. The molecule has 0 aromatic carbocycles. The molecule has 1 aromatic heterocycles. The number of anilines is 1. The number of amides is 1. The van der Waals surface area contributed by atoms with E-state index in [0.29, 0.717) is 9.52 Å². The van der Waals surface area contributed by atoms with E-state index in [2.05, 4.69) is 20.3 Å². The molecule has 0 aliphatic heterocycles. The molecule has 0 unspecified atom stereocenters. The Hall–Kier alpha value is -0.660. The van der Waals surface area contributed by atoms with Crippen LogP contribution >= 0.6 is 22.6 Å². The van der Waals surface area contributed by atoms with Gasteiger partial charge < -0.3 is 5.32 Å². The molecule has 0 fully saturated rings. The van der Waals surface area contributed by atoms with Crippen LogP contribution in [-0.4, -0.2) is 16.2 Å². The van der Waals surface area contributed by atoms with Crippen LogP contribution in [0.4, 0.5) is 5.82 Å². The third kappa shape index (κ3) is 1.66. The van der Waals surface area contributed by atoms with Crippen molar-refractivity contribution < 1.29 is 9.42 Å². The highest BCUT2D eigenvalue weighted by Crippen LogP contribution is 2.10. The van der Waals surface area contributed by atoms with Gasteiger partial charge in [-0.05, 0) is 32.9 Å². The Balaban J connectivity index is 2.74. The summed E-state index contributed by atoms with van der Waals surface area (Å²) in [6.07, 6.45) is 0. The summed E-state index contributed by atoms with van der Waals surface area (Å²) < 4.78 is 4.87. The maximum Gasteiger partial charge on any atom is 0.222 e. The van der Waals surface area contributed by atoms with Gasteiger partial charge in [-0.15, -0.1) is 0 Å². The number of halogens is 1. The van der Waals surface area contributed by atoms with Gasteiger partial charge >= 0.3 is 0 Å². The molecule has 0 spiro atoms. The molecule has 1 amide bonds. The van der Waals surface area contributed by atoms with E-state index in [1.54, 1.807) is 0 Å². The number of nitrogens with zero attached hydrogens (tertiary/aromatic N) is 2. The molecule has 1 heterocycles. The summed E-state index contributed by atoms with van der Waals surface area (Å²) in [5.41, 5.74) is 0. The monoisotopic (exact) mass is 253 g/mol. The maximum atomic E-state index is 10.4. The largest absolute Gasteiger partial charge is 0.306 e. The van der Waals surface area contributed by atoms with E-state index in [1.807, 2.05) is 22.6 Å². The highest BCUT2D eigenvalue weighted by Gasteiger charge is 2.06. The molecule has 1 aromatic rings. The van der Waals surface area contributed by atoms with Crippen molar-refractivity contribution in [3.8, 4) is 0 Å². The van der Waals surface area contributed by atoms with E-state index in [0.717, 1.165) is 0 Å². The van der Waals surface area contributed by atoms with Gasteiger partial charge in [-0.25, -0.2) is 4.63 Å². The molecule has 0 atom stereocenters. The number of aromatic nitrogens is 2. The lowest BCUT2D eigenvalue weighted by molar-refractivity contribution is -0.114. The second kappa shape index (κ2) is 2.95. The highest BCUT2D eigenvalue weighted by molar-refractivity contribution is 14.1. The second-order valence-electron chi connectivity index (χ2n) is 1.58. The van der Waals surface area contributed by atoms with Gasteiger partial charge in [-0.3, -0.25) is 4.79 Å². The standard InChI is InChI=1S/C4H4IN3O2/c1-2(9)6-4-3(5)7-10-8-4/h1H3,(H,6,8,9). The summed E-state index contributed by atoms with van der Waals surface area (Å²) >= 11 is 1.91. The number of carbonyl (C=O) groups excluding carboxylic acids is 1. The number of hydrogen-bond donors (Lipinski definition) is 1. The van der Waals surface area contributed by atoms with E-state index in [4.69, 9.17) is 0 Å². The maximum absolute atomic E-state index is 10.4. The van der Waals surface area contributed by atoms with Crippen LogP contribution in [0.5, 0.6) is 0 Å². The molecule has 0 radical (unpaired) electrons. The second-order valence-corrected chi connectivity index (χ2v) is 2.61. The Morgan fingerprint density at radius 2 is 2.40 bits per heavy atom. The van der Waals surface area contributed by atoms with Crippen LogP contribution < -0.4 is 5.32 Å². The fourth-order valence-corrected chi connectivity index (χ4v) is 0.741. The van der Waals surface area contributed by atoms with Crippen LogP contribution in [0.25, 0.3) is 0 Å². The molecule has 0 bridgehead atoms. The van der Waals surface area contributed by atoms with E-state index in [1.165, 1.54) is 6.92 Å². The molecular formula is C4H4IN3O2. The quantitative estimate of drug-likeness (QED) is 0.745. The number of rotatable bonds is 1. The van der Waals surface area contributed by atoms with Gasteiger partial charge in [0.15, 0.2) is 3.70 Å². The van der Waals surface area contributed by atoms with Crippen LogP contribution in [0, 0.1) is 3.70 Å². The first kappa shape index (κ1) is 7.45. The SMILES string of the molecule is CC(=O)Nc1nonc1I. The van der Waals surface area contributed by atoms with Gasteiger partial charge in [0.25, 0.3) is 0 Å². The van der Waals surface area contributed by atoms with E-state index >= 15 is 0 Å². The molecule has 0 saturated heterocycles. The lowest BCUT2D eigenvalue weighted by Crippen LogP contribution is -2.06. The fourth-order valence-electron chi connectivity index (χ4n) is 0.419. The minimum absolute atomic E-state index is 0.186. The lowest BCUT2D eigenvalue weighted by atomic mass is 10.6. The Kier molecular flexibility index (Phi) is 2.20. The summed E-state index contributed by atoms with van der Waals surface area (Å²) in [7, 11) is 0. The molecule has 1 N–H and O–H groups in total. The van der Waals surface area contributed by atoms with Crippen molar-refractivity contribution in [2.45, 2.75) is 6.92 Å². The molecule has 0 aliphatic rings. The van der Waals surface area contributed by atoms with E-state index in [9.17, 15) is 4.79 Å². The first-order valence-electron chi connectivity index (χ1n) is 2.46. The van der Waals surface area contributed by atoms with Crippen molar-refractivity contribution in [1.29, 1.82) is 0 Å². The summed E-state index contributed by atoms with van der Waals surface area (Å²) in [6.45, 7) is 1.39. The third-order valence-electron chi connectivity index (χ3n) is 0.743. The number of hydrogen-bond acceptors (Lipinski definition) is 4. The van der Waals surface area contributed by atoms with E-state index in [-0.39, 0.29) is 5.91 Å². The minimum Gasteiger partial charge on any atom is -0.306 e. The first-order valence-corrected chi connectivity index (χ1v) is 3.53. The van der Waals surface area contributed by atoms with Gasteiger partial charge in [-0.2, -0.15) is 0 Å². The average Bonchev–Trinajstić information content (AvgIpc) is 2.15. The summed E-state index contributed by atoms with van der Waals surface area (Å²) in [5, 5.41) is 9.33. The van der Waals surface area contributed by atoms with Crippen molar-refractivity contribution >= 4 is 34.3 Å². The van der Waals surface area contributed by atoms with Crippen LogP contribution in [0.1, 0.15) is 6.92 Å². The Labute approximate surface area is 70.3 Å². The highest BCUT2D eigenvalue weighted by atomic mass is 127. The third-order valence-corrected chi connectivity index (χ3v) is 1.45. The van der Waals surface area contributed by atoms with Crippen molar-refractivity contribution in [1.82, 2.24) is 10.3 Å². The van der Waals surface area contributed by atoms with Gasteiger partial charge in [0, 0.05) is 6.92 Å². The molecule has 0 saturated carbocycles. The molecule has 6 heteroatoms. The summed E-state index contributed by atoms with van der Waals surface area (Å²) in [6, 6.07) is 0. The molecule has 1 rings (SSSR count). The van der Waals surface area contributed by atoms with Crippen LogP contribution in [0.2, 0.25) is 0 Å². The molecule has 5 nitrogen and oxygen atoms in total. The smallest absolute Gasteiger partial charge is 0.222 e. The fraction of sp³-hybridized carbons (Fsp3) is 0.250. The predicted octanol–water partition coefficient (Wildman–Crippen LogP) is 0.633. The summed E-state index contributed by atoms with van der Waals surface area (Å²) in [4.78, 5) is 10.4. The normalized spacial score (nSPS) is 9.40. The van der Waals surface area contributed by atoms with Gasteiger partial charge in [0.05, 0.1) is 0 Å². The van der Waals surface area contributed by atoms with E-state index < -0.39 is 0 Å². The molecule has 54 valence electrons. The minimum atomic E-state index is -0.186. The first-order chi connectivity index (χ1) is 4.70.